The third-order valence-electron chi connectivity index (χ3n) is 2.62. The lowest BCUT2D eigenvalue weighted by Crippen LogP contribution is -1.98. The van der Waals surface area contributed by atoms with Crippen LogP contribution in [0.1, 0.15) is 22.8 Å². The average Bonchev–Trinajstić information content (AvgIpc) is 2.55. The first-order valence-corrected chi connectivity index (χ1v) is 8.46. The van der Waals surface area contributed by atoms with Gasteiger partial charge in [-0.25, -0.2) is 4.79 Å². The minimum atomic E-state index is -0.316. The molecule has 0 saturated heterocycles. The van der Waals surface area contributed by atoms with Gasteiger partial charge in [0.15, 0.2) is 6.29 Å². The molecule has 5 heteroatoms. The fourth-order valence-electron chi connectivity index (χ4n) is 1.53. The first-order valence-electron chi connectivity index (χ1n) is 6.87. The summed E-state index contributed by atoms with van der Waals surface area (Å²) in [5, 5.41) is 0. The zero-order valence-electron chi connectivity index (χ0n) is 12.5. The molecule has 0 bridgehead atoms. The molecule has 0 heterocycles. The maximum absolute atomic E-state index is 11.0. The number of esters is 1. The van der Waals surface area contributed by atoms with E-state index >= 15 is 0 Å². The van der Waals surface area contributed by atoms with Crippen LogP contribution in [-0.2, 0) is 9.53 Å². The summed E-state index contributed by atoms with van der Waals surface area (Å²) in [6.45, 7) is 2.18. The van der Waals surface area contributed by atoms with Crippen molar-refractivity contribution in [2.24, 2.45) is 0 Å². The van der Waals surface area contributed by atoms with Gasteiger partial charge in [-0.15, -0.1) is 0 Å². The zero-order valence-corrected chi connectivity index (χ0v) is 15.7. The van der Waals surface area contributed by atoms with Crippen LogP contribution in [0.3, 0.4) is 0 Å². The Morgan fingerprint density at radius 1 is 1.00 bits per heavy atom. The second-order valence-corrected chi connectivity index (χ2v) is 5.95. The smallest absolute Gasteiger partial charge is 0.330 e. The van der Waals surface area contributed by atoms with Crippen LogP contribution in [-0.4, -0.2) is 18.9 Å². The van der Waals surface area contributed by atoms with Gasteiger partial charge in [-0.2, -0.15) is 0 Å². The van der Waals surface area contributed by atoms with Crippen LogP contribution in [0.5, 0.6) is 0 Å². The van der Waals surface area contributed by atoms with E-state index in [2.05, 4.69) is 31.9 Å². The van der Waals surface area contributed by atoms with Crippen molar-refractivity contribution in [1.29, 1.82) is 0 Å². The Kier molecular flexibility index (Phi) is 9.17. The number of ether oxygens (including phenoxy) is 1. The molecule has 0 spiro atoms. The summed E-state index contributed by atoms with van der Waals surface area (Å²) in [5.74, 6) is -0.316. The van der Waals surface area contributed by atoms with Crippen LogP contribution in [0.4, 0.5) is 0 Å². The van der Waals surface area contributed by atoms with Gasteiger partial charge in [-0.3, -0.25) is 4.79 Å². The third kappa shape index (κ3) is 7.39. The van der Waals surface area contributed by atoms with E-state index in [-0.39, 0.29) is 5.97 Å². The second kappa shape index (κ2) is 10.9. The Balaban J connectivity index is 0.000000253. The number of carbonyl (C=O) groups is 2. The molecule has 0 fully saturated rings. The van der Waals surface area contributed by atoms with Crippen molar-refractivity contribution in [1.82, 2.24) is 0 Å². The highest BCUT2D eigenvalue weighted by atomic mass is 79.9. The minimum absolute atomic E-state index is 0.316. The maximum Gasteiger partial charge on any atom is 0.330 e. The van der Waals surface area contributed by atoms with Crippen molar-refractivity contribution in [3.8, 4) is 0 Å². The Labute approximate surface area is 152 Å². The van der Waals surface area contributed by atoms with Gasteiger partial charge in [0.2, 0.25) is 0 Å². The predicted molar refractivity (Wildman–Crippen MR) is 99.3 cm³/mol. The van der Waals surface area contributed by atoms with Crippen LogP contribution in [0, 0.1) is 0 Å². The van der Waals surface area contributed by atoms with E-state index in [4.69, 9.17) is 4.74 Å². The second-order valence-electron chi connectivity index (χ2n) is 4.25. The van der Waals surface area contributed by atoms with Gasteiger partial charge in [0, 0.05) is 20.6 Å². The van der Waals surface area contributed by atoms with Crippen LogP contribution >= 0.6 is 31.9 Å². The molecule has 0 unspecified atom stereocenters. The highest BCUT2D eigenvalue weighted by Gasteiger charge is 1.96. The number of benzene rings is 2. The number of aldehydes is 1. The van der Waals surface area contributed by atoms with E-state index in [0.29, 0.717) is 12.2 Å². The number of halogens is 2. The Morgan fingerprint density at radius 3 is 1.96 bits per heavy atom. The highest BCUT2D eigenvalue weighted by Crippen LogP contribution is 2.17. The normalized spacial score (nSPS) is 9.87. The monoisotopic (exact) mass is 438 g/mol. The fraction of sp³-hybridized carbons (Fsp3) is 0.111. The van der Waals surface area contributed by atoms with E-state index in [0.717, 1.165) is 20.8 Å². The first kappa shape index (κ1) is 19.3. The number of hydrogen-bond donors (Lipinski definition) is 0. The standard InChI is InChI=1S/C11H11BrO2.C7H5BrO/c1-2-14-11(13)8-7-9-5-3-4-6-10(9)12;8-7-4-2-1-3-6(7)5-9/h3-8H,2H2,1H3;1-5H. The summed E-state index contributed by atoms with van der Waals surface area (Å²) in [5.41, 5.74) is 1.65. The van der Waals surface area contributed by atoms with E-state index in [9.17, 15) is 9.59 Å². The lowest BCUT2D eigenvalue weighted by Gasteiger charge is -1.97. The molecule has 0 aromatic heterocycles. The predicted octanol–water partition coefficient (Wildman–Crippen LogP) is 5.29. The van der Waals surface area contributed by atoms with Crippen molar-refractivity contribution >= 4 is 50.2 Å². The summed E-state index contributed by atoms with van der Waals surface area (Å²) in [4.78, 5) is 21.2. The third-order valence-corrected chi connectivity index (χ3v) is 4.07. The SMILES string of the molecule is CCOC(=O)C=Cc1ccccc1Br.O=Cc1ccccc1Br. The highest BCUT2D eigenvalue weighted by molar-refractivity contribution is 9.10. The van der Waals surface area contributed by atoms with Crippen molar-refractivity contribution in [2.45, 2.75) is 6.92 Å². The number of hydrogen-bond acceptors (Lipinski definition) is 3. The van der Waals surface area contributed by atoms with E-state index in [1.165, 1.54) is 6.08 Å². The fourth-order valence-corrected chi connectivity index (χ4v) is 2.32. The molecule has 0 aliphatic rings. The molecule has 2 aromatic carbocycles. The molecule has 0 amide bonds. The van der Waals surface area contributed by atoms with E-state index in [1.54, 1.807) is 19.1 Å². The Hall–Kier alpha value is -1.72. The molecule has 120 valence electrons. The minimum Gasteiger partial charge on any atom is -0.463 e. The quantitative estimate of drug-likeness (QED) is 0.369. The Bertz CT molecular complexity index is 681. The molecule has 0 saturated carbocycles. The molecule has 2 rings (SSSR count). The summed E-state index contributed by atoms with van der Waals surface area (Å²) >= 11 is 6.61. The summed E-state index contributed by atoms with van der Waals surface area (Å²) in [6.07, 6.45) is 3.97. The van der Waals surface area contributed by atoms with Crippen LogP contribution in [0.15, 0.2) is 63.6 Å². The molecule has 3 nitrogen and oxygen atoms in total. The summed E-state index contributed by atoms with van der Waals surface area (Å²) < 4.78 is 6.57. The first-order chi connectivity index (χ1) is 11.1. The topological polar surface area (TPSA) is 43.4 Å². The summed E-state index contributed by atoms with van der Waals surface area (Å²) in [6, 6.07) is 15.0. The largest absolute Gasteiger partial charge is 0.463 e. The average molecular weight is 440 g/mol. The molecule has 2 aromatic rings. The van der Waals surface area contributed by atoms with Gasteiger partial charge in [0.05, 0.1) is 6.61 Å². The zero-order chi connectivity index (χ0) is 17.1. The van der Waals surface area contributed by atoms with Crippen LogP contribution < -0.4 is 0 Å². The van der Waals surface area contributed by atoms with E-state index < -0.39 is 0 Å². The van der Waals surface area contributed by atoms with Crippen molar-refractivity contribution in [3.05, 3.63) is 74.7 Å². The summed E-state index contributed by atoms with van der Waals surface area (Å²) in [7, 11) is 0. The van der Waals surface area contributed by atoms with Crippen molar-refractivity contribution < 1.29 is 14.3 Å². The van der Waals surface area contributed by atoms with Gasteiger partial charge in [-0.05, 0) is 30.7 Å². The van der Waals surface area contributed by atoms with Gasteiger partial charge in [0.25, 0.3) is 0 Å². The van der Waals surface area contributed by atoms with Crippen molar-refractivity contribution in [2.75, 3.05) is 6.61 Å². The van der Waals surface area contributed by atoms with Crippen molar-refractivity contribution in [3.63, 3.8) is 0 Å². The lowest BCUT2D eigenvalue weighted by molar-refractivity contribution is -0.137. The number of rotatable bonds is 4. The Morgan fingerprint density at radius 2 is 1.52 bits per heavy atom. The van der Waals surface area contributed by atoms with Gasteiger partial charge in [0.1, 0.15) is 0 Å². The van der Waals surface area contributed by atoms with E-state index in [1.807, 2.05) is 42.5 Å². The molecular weight excluding hydrogens is 424 g/mol. The molecule has 0 radical (unpaired) electrons. The van der Waals surface area contributed by atoms with Gasteiger partial charge in [-0.1, -0.05) is 68.3 Å². The molecular formula is C18H16Br2O3. The van der Waals surface area contributed by atoms with Gasteiger partial charge >= 0.3 is 5.97 Å². The molecule has 0 aliphatic heterocycles. The van der Waals surface area contributed by atoms with Crippen LogP contribution in [0.2, 0.25) is 0 Å². The molecule has 0 atom stereocenters. The maximum atomic E-state index is 11.0. The molecule has 23 heavy (non-hydrogen) atoms. The molecule has 0 aliphatic carbocycles. The van der Waals surface area contributed by atoms with Crippen LogP contribution in [0.25, 0.3) is 6.08 Å². The van der Waals surface area contributed by atoms with Gasteiger partial charge < -0.3 is 4.74 Å². The molecule has 0 N–H and O–H groups in total. The lowest BCUT2D eigenvalue weighted by atomic mass is 10.2. The number of carbonyl (C=O) groups excluding carboxylic acids is 2.